The lowest BCUT2D eigenvalue weighted by Gasteiger charge is -2.36. The minimum absolute atomic E-state index is 0.161. The first kappa shape index (κ1) is 18.5. The molecule has 0 spiro atoms. The molecule has 0 aromatic heterocycles. The number of hydrogen-bond acceptors (Lipinski definition) is 5. The molecule has 1 fully saturated rings. The van der Waals surface area contributed by atoms with E-state index in [1.165, 1.54) is 16.8 Å². The molecule has 1 saturated heterocycles. The first-order chi connectivity index (χ1) is 12.6. The van der Waals surface area contributed by atoms with Crippen LogP contribution >= 0.6 is 0 Å². The van der Waals surface area contributed by atoms with Crippen LogP contribution in [0, 0.1) is 0 Å². The number of anilines is 1. The smallest absolute Gasteiger partial charge is 0.127 e. The zero-order valence-electron chi connectivity index (χ0n) is 16.2. The van der Waals surface area contributed by atoms with E-state index in [0.717, 1.165) is 37.7 Å². The lowest BCUT2D eigenvalue weighted by molar-refractivity contribution is 0.195. The number of nitrogens with zero attached hydrogens (tertiary/aromatic N) is 2. The van der Waals surface area contributed by atoms with Crippen LogP contribution in [0.1, 0.15) is 17.2 Å². The molecule has 5 heteroatoms. The summed E-state index contributed by atoms with van der Waals surface area (Å²) in [5.74, 6) is 1.68. The Morgan fingerprint density at radius 2 is 1.65 bits per heavy atom. The van der Waals surface area contributed by atoms with Crippen LogP contribution in [0.25, 0.3) is 0 Å². The fourth-order valence-corrected chi connectivity index (χ4v) is 3.53. The quantitative estimate of drug-likeness (QED) is 0.862. The van der Waals surface area contributed by atoms with Gasteiger partial charge >= 0.3 is 0 Å². The topological polar surface area (TPSA) is 37.0 Å². The Bertz CT molecular complexity index is 710. The van der Waals surface area contributed by atoms with Gasteiger partial charge in [0.15, 0.2) is 0 Å². The van der Waals surface area contributed by atoms with Crippen LogP contribution in [0.5, 0.6) is 11.5 Å². The molecule has 26 heavy (non-hydrogen) atoms. The summed E-state index contributed by atoms with van der Waals surface area (Å²) >= 11 is 0. The third-order valence-corrected chi connectivity index (χ3v) is 4.98. The highest BCUT2D eigenvalue weighted by molar-refractivity contribution is 5.50. The summed E-state index contributed by atoms with van der Waals surface area (Å²) in [6.45, 7) is 4.03. The fraction of sp³-hybridized carbons (Fsp3) is 0.429. The van der Waals surface area contributed by atoms with Crippen molar-refractivity contribution in [2.24, 2.45) is 0 Å². The lowest BCUT2D eigenvalue weighted by atomic mass is 9.95. The van der Waals surface area contributed by atoms with Crippen molar-refractivity contribution in [3.8, 4) is 11.5 Å². The molecule has 140 valence electrons. The molecule has 3 rings (SSSR count). The Balaban J connectivity index is 2.03. The van der Waals surface area contributed by atoms with Crippen LogP contribution in [0.2, 0.25) is 0 Å². The van der Waals surface area contributed by atoms with Crippen molar-refractivity contribution in [3.63, 3.8) is 0 Å². The normalized spacial score (nSPS) is 16.2. The first-order valence-corrected chi connectivity index (χ1v) is 9.08. The van der Waals surface area contributed by atoms with E-state index in [1.54, 1.807) is 14.2 Å². The molecular weight excluding hydrogens is 326 g/mol. The highest BCUT2D eigenvalue weighted by Crippen LogP contribution is 2.37. The van der Waals surface area contributed by atoms with Crippen molar-refractivity contribution in [2.45, 2.75) is 6.04 Å². The van der Waals surface area contributed by atoms with E-state index in [1.807, 2.05) is 12.1 Å². The molecule has 0 amide bonds. The molecule has 5 nitrogen and oxygen atoms in total. The maximum Gasteiger partial charge on any atom is 0.127 e. The molecule has 0 aliphatic carbocycles. The van der Waals surface area contributed by atoms with Gasteiger partial charge in [-0.15, -0.1) is 0 Å². The van der Waals surface area contributed by atoms with Crippen LogP contribution in [0.3, 0.4) is 0 Å². The highest BCUT2D eigenvalue weighted by atomic mass is 16.5. The van der Waals surface area contributed by atoms with Gasteiger partial charge in [0.05, 0.1) is 20.3 Å². The number of hydrogen-bond donors (Lipinski definition) is 1. The SMILES string of the molecule is COc1ccc(C(c2ccc(N(C)C)cc2)N2CCNCC2)c(OC)c1. The third-order valence-electron chi connectivity index (χ3n) is 4.98. The molecule has 1 N–H and O–H groups in total. The second-order valence-corrected chi connectivity index (χ2v) is 6.78. The van der Waals surface area contributed by atoms with Crippen molar-refractivity contribution < 1.29 is 9.47 Å². The van der Waals surface area contributed by atoms with Crippen LogP contribution in [-0.2, 0) is 0 Å². The van der Waals surface area contributed by atoms with Gasteiger partial charge in [0, 0.05) is 57.6 Å². The molecule has 2 aromatic carbocycles. The maximum absolute atomic E-state index is 5.71. The summed E-state index contributed by atoms with van der Waals surface area (Å²) in [5, 5.41) is 3.44. The second-order valence-electron chi connectivity index (χ2n) is 6.78. The van der Waals surface area contributed by atoms with Crippen molar-refractivity contribution in [1.29, 1.82) is 0 Å². The number of ether oxygens (including phenoxy) is 2. The molecule has 1 aliphatic rings. The van der Waals surface area contributed by atoms with Crippen LogP contribution in [-0.4, -0.2) is 59.4 Å². The largest absolute Gasteiger partial charge is 0.497 e. The fourth-order valence-electron chi connectivity index (χ4n) is 3.53. The third kappa shape index (κ3) is 3.94. The summed E-state index contributed by atoms with van der Waals surface area (Å²) in [7, 11) is 7.54. The number of methoxy groups -OCH3 is 2. The standard InChI is InChI=1S/C21H29N3O2/c1-23(2)17-7-5-16(6-8-17)21(24-13-11-22-12-14-24)19-10-9-18(25-3)15-20(19)26-4/h5-10,15,21-22H,11-14H2,1-4H3. The maximum atomic E-state index is 5.71. The van der Waals surface area contributed by atoms with E-state index in [4.69, 9.17) is 9.47 Å². The van der Waals surface area contributed by atoms with Gasteiger partial charge in [-0.05, 0) is 29.8 Å². The Labute approximate surface area is 156 Å². The molecule has 0 saturated carbocycles. The molecule has 0 bridgehead atoms. The Kier molecular flexibility index (Phi) is 6.01. The molecule has 0 radical (unpaired) electrons. The molecule has 1 aliphatic heterocycles. The molecule has 2 aromatic rings. The monoisotopic (exact) mass is 355 g/mol. The minimum Gasteiger partial charge on any atom is -0.497 e. The zero-order valence-corrected chi connectivity index (χ0v) is 16.2. The number of benzene rings is 2. The Hall–Kier alpha value is -2.24. The predicted octanol–water partition coefficient (Wildman–Crippen LogP) is 2.76. The lowest BCUT2D eigenvalue weighted by Crippen LogP contribution is -2.45. The number of piperazine rings is 1. The van der Waals surface area contributed by atoms with Crippen molar-refractivity contribution in [2.75, 3.05) is 59.4 Å². The summed E-state index contributed by atoms with van der Waals surface area (Å²) in [6.07, 6.45) is 0. The van der Waals surface area contributed by atoms with Gasteiger partial charge in [0.1, 0.15) is 11.5 Å². The predicted molar refractivity (Wildman–Crippen MR) is 107 cm³/mol. The van der Waals surface area contributed by atoms with Crippen molar-refractivity contribution >= 4 is 5.69 Å². The molecule has 1 atom stereocenters. The van der Waals surface area contributed by atoms with Crippen LogP contribution < -0.4 is 19.7 Å². The molecular formula is C21H29N3O2. The van der Waals surface area contributed by atoms with E-state index in [-0.39, 0.29) is 6.04 Å². The van der Waals surface area contributed by atoms with Gasteiger partial charge in [0.25, 0.3) is 0 Å². The Morgan fingerprint density at radius 1 is 0.962 bits per heavy atom. The number of rotatable bonds is 6. The van der Waals surface area contributed by atoms with E-state index in [0.29, 0.717) is 0 Å². The molecule has 1 unspecified atom stereocenters. The average Bonchev–Trinajstić information content (AvgIpc) is 2.69. The molecule has 1 heterocycles. The van der Waals surface area contributed by atoms with Gasteiger partial charge in [-0.1, -0.05) is 12.1 Å². The Morgan fingerprint density at radius 3 is 2.23 bits per heavy atom. The van der Waals surface area contributed by atoms with Gasteiger partial charge in [-0.3, -0.25) is 4.90 Å². The van der Waals surface area contributed by atoms with Crippen LogP contribution in [0.4, 0.5) is 5.69 Å². The van der Waals surface area contributed by atoms with E-state index >= 15 is 0 Å². The zero-order chi connectivity index (χ0) is 18.5. The first-order valence-electron chi connectivity index (χ1n) is 9.08. The average molecular weight is 355 g/mol. The summed E-state index contributed by atoms with van der Waals surface area (Å²) in [5.41, 5.74) is 3.66. The van der Waals surface area contributed by atoms with Crippen LogP contribution in [0.15, 0.2) is 42.5 Å². The van der Waals surface area contributed by atoms with Crippen molar-refractivity contribution in [3.05, 3.63) is 53.6 Å². The summed E-state index contributed by atoms with van der Waals surface area (Å²) < 4.78 is 11.1. The second kappa shape index (κ2) is 8.43. The summed E-state index contributed by atoms with van der Waals surface area (Å²) in [6, 6.07) is 15.1. The van der Waals surface area contributed by atoms with Gasteiger partial charge in [-0.2, -0.15) is 0 Å². The van der Waals surface area contributed by atoms with E-state index < -0.39 is 0 Å². The highest BCUT2D eigenvalue weighted by Gasteiger charge is 2.26. The minimum atomic E-state index is 0.161. The van der Waals surface area contributed by atoms with Crippen molar-refractivity contribution in [1.82, 2.24) is 10.2 Å². The van der Waals surface area contributed by atoms with Gasteiger partial charge < -0.3 is 19.7 Å². The number of nitrogens with one attached hydrogen (secondary N) is 1. The summed E-state index contributed by atoms with van der Waals surface area (Å²) in [4.78, 5) is 4.64. The van der Waals surface area contributed by atoms with Gasteiger partial charge in [0.2, 0.25) is 0 Å². The van der Waals surface area contributed by atoms with E-state index in [2.05, 4.69) is 59.5 Å². The van der Waals surface area contributed by atoms with E-state index in [9.17, 15) is 0 Å². The van der Waals surface area contributed by atoms with Gasteiger partial charge in [-0.25, -0.2) is 0 Å².